The van der Waals surface area contributed by atoms with E-state index < -0.39 is 6.10 Å². The van der Waals surface area contributed by atoms with Gasteiger partial charge in [-0.05, 0) is 13.3 Å². The summed E-state index contributed by atoms with van der Waals surface area (Å²) >= 11 is 0. The van der Waals surface area contributed by atoms with Gasteiger partial charge in [0.25, 0.3) is 0 Å². The first-order valence-corrected chi connectivity index (χ1v) is 3.88. The second-order valence-corrected chi connectivity index (χ2v) is 2.50. The Labute approximate surface area is 90.7 Å². The zero-order valence-electron chi connectivity index (χ0n) is 7.58. The number of aliphatic imine (C=N–C) groups is 1. The molecular formula is C7H18IN3O. The quantitative estimate of drug-likeness (QED) is 0.396. The van der Waals surface area contributed by atoms with E-state index in [1.54, 1.807) is 6.92 Å². The molecule has 0 aromatic heterocycles. The van der Waals surface area contributed by atoms with Gasteiger partial charge in [-0.2, -0.15) is 0 Å². The Morgan fingerprint density at radius 1 is 1.67 bits per heavy atom. The molecule has 12 heavy (non-hydrogen) atoms. The van der Waals surface area contributed by atoms with E-state index in [-0.39, 0.29) is 24.0 Å². The third kappa shape index (κ3) is 9.96. The normalized spacial score (nSPS) is 13.4. The summed E-state index contributed by atoms with van der Waals surface area (Å²) in [5, 5.41) is 11.7. The highest BCUT2D eigenvalue weighted by Crippen LogP contribution is 1.79. The third-order valence-electron chi connectivity index (χ3n) is 1.08. The van der Waals surface area contributed by atoms with Gasteiger partial charge in [0, 0.05) is 6.54 Å². The van der Waals surface area contributed by atoms with Gasteiger partial charge in [-0.15, -0.1) is 24.0 Å². The van der Waals surface area contributed by atoms with Crippen molar-refractivity contribution in [1.29, 1.82) is 0 Å². The zero-order valence-corrected chi connectivity index (χ0v) is 9.91. The van der Waals surface area contributed by atoms with Crippen molar-refractivity contribution < 1.29 is 5.11 Å². The lowest BCUT2D eigenvalue weighted by Gasteiger charge is -2.03. The molecule has 4 N–H and O–H groups in total. The van der Waals surface area contributed by atoms with Gasteiger partial charge in [0.1, 0.15) is 0 Å². The molecule has 0 aliphatic heterocycles. The molecule has 1 atom stereocenters. The Morgan fingerprint density at radius 2 is 2.25 bits per heavy atom. The number of hydrogen-bond donors (Lipinski definition) is 3. The molecule has 0 spiro atoms. The number of aliphatic hydroxyl groups excluding tert-OH is 1. The molecule has 0 aromatic carbocycles. The van der Waals surface area contributed by atoms with Crippen molar-refractivity contribution in [2.45, 2.75) is 26.4 Å². The van der Waals surface area contributed by atoms with Crippen molar-refractivity contribution in [3.05, 3.63) is 0 Å². The Hall–Kier alpha value is -0.0400. The molecule has 74 valence electrons. The number of nitrogens with two attached hydrogens (primary N) is 1. The second kappa shape index (κ2) is 9.05. The average Bonchev–Trinajstić information content (AvgIpc) is 1.97. The highest BCUT2D eigenvalue weighted by atomic mass is 127. The van der Waals surface area contributed by atoms with E-state index in [0.29, 0.717) is 12.5 Å². The van der Waals surface area contributed by atoms with E-state index >= 15 is 0 Å². The van der Waals surface area contributed by atoms with Crippen molar-refractivity contribution in [1.82, 2.24) is 5.32 Å². The lowest BCUT2D eigenvalue weighted by atomic mass is 10.4. The van der Waals surface area contributed by atoms with Crippen LogP contribution in [0.3, 0.4) is 0 Å². The van der Waals surface area contributed by atoms with E-state index in [4.69, 9.17) is 10.8 Å². The summed E-state index contributed by atoms with van der Waals surface area (Å²) < 4.78 is 0. The topological polar surface area (TPSA) is 70.6 Å². The van der Waals surface area contributed by atoms with Gasteiger partial charge in [0.2, 0.25) is 0 Å². The van der Waals surface area contributed by atoms with Crippen molar-refractivity contribution in [3.8, 4) is 0 Å². The molecule has 4 nitrogen and oxygen atoms in total. The van der Waals surface area contributed by atoms with Gasteiger partial charge in [-0.25, -0.2) is 0 Å². The molecule has 0 fully saturated rings. The van der Waals surface area contributed by atoms with Gasteiger partial charge in [0.05, 0.1) is 12.6 Å². The van der Waals surface area contributed by atoms with Gasteiger partial charge >= 0.3 is 0 Å². The van der Waals surface area contributed by atoms with E-state index in [1.165, 1.54) is 0 Å². The largest absolute Gasteiger partial charge is 0.391 e. The summed E-state index contributed by atoms with van der Waals surface area (Å²) in [6.07, 6.45) is 0.599. The van der Waals surface area contributed by atoms with Gasteiger partial charge in [-0.3, -0.25) is 4.99 Å². The smallest absolute Gasteiger partial charge is 0.188 e. The number of nitrogens with one attached hydrogen (secondary N) is 1. The van der Waals surface area contributed by atoms with Gasteiger partial charge in [-0.1, -0.05) is 6.92 Å². The Bertz CT molecular complexity index is 128. The summed E-state index contributed by atoms with van der Waals surface area (Å²) in [5.41, 5.74) is 5.44. The number of halogens is 1. The van der Waals surface area contributed by atoms with Crippen LogP contribution < -0.4 is 11.1 Å². The van der Waals surface area contributed by atoms with Crippen molar-refractivity contribution in [3.63, 3.8) is 0 Å². The first-order valence-electron chi connectivity index (χ1n) is 3.88. The summed E-state index contributed by atoms with van der Waals surface area (Å²) in [6.45, 7) is 4.92. The molecule has 0 bridgehead atoms. The minimum absolute atomic E-state index is 0. The van der Waals surface area contributed by atoms with Crippen LogP contribution in [-0.2, 0) is 0 Å². The molecule has 0 aliphatic rings. The SMILES string of the molecule is CCCNC(N)=NC[C@@H](C)O.I. The van der Waals surface area contributed by atoms with Crippen molar-refractivity contribution in [2.24, 2.45) is 10.7 Å². The van der Waals surface area contributed by atoms with E-state index in [9.17, 15) is 0 Å². The molecular weight excluding hydrogens is 269 g/mol. The highest BCUT2D eigenvalue weighted by Gasteiger charge is 1.93. The molecule has 0 radical (unpaired) electrons. The number of hydrogen-bond acceptors (Lipinski definition) is 2. The lowest BCUT2D eigenvalue weighted by Crippen LogP contribution is -2.32. The molecule has 0 saturated heterocycles. The molecule has 5 heteroatoms. The third-order valence-corrected chi connectivity index (χ3v) is 1.08. The number of rotatable bonds is 4. The van der Waals surface area contributed by atoms with Crippen molar-refractivity contribution in [2.75, 3.05) is 13.1 Å². The Balaban J connectivity index is 0. The maximum atomic E-state index is 8.84. The fourth-order valence-corrected chi connectivity index (χ4v) is 0.539. The first kappa shape index (κ1) is 14.5. The van der Waals surface area contributed by atoms with E-state index in [0.717, 1.165) is 13.0 Å². The molecule has 0 unspecified atom stereocenters. The maximum absolute atomic E-state index is 8.84. The van der Waals surface area contributed by atoms with Crippen LogP contribution in [-0.4, -0.2) is 30.3 Å². The summed E-state index contributed by atoms with van der Waals surface area (Å²) in [6, 6.07) is 0. The second-order valence-electron chi connectivity index (χ2n) is 2.50. The first-order chi connectivity index (χ1) is 5.16. The molecule has 0 heterocycles. The average molecular weight is 287 g/mol. The van der Waals surface area contributed by atoms with E-state index in [2.05, 4.69) is 17.2 Å². The highest BCUT2D eigenvalue weighted by molar-refractivity contribution is 14.0. The van der Waals surface area contributed by atoms with Crippen LogP contribution in [0.4, 0.5) is 0 Å². The lowest BCUT2D eigenvalue weighted by molar-refractivity contribution is 0.204. The van der Waals surface area contributed by atoms with Crippen molar-refractivity contribution >= 4 is 29.9 Å². The van der Waals surface area contributed by atoms with Crippen LogP contribution in [0.1, 0.15) is 20.3 Å². The summed E-state index contributed by atoms with van der Waals surface area (Å²) in [4.78, 5) is 3.89. The maximum Gasteiger partial charge on any atom is 0.188 e. The minimum Gasteiger partial charge on any atom is -0.391 e. The van der Waals surface area contributed by atoms with Crippen LogP contribution in [0.2, 0.25) is 0 Å². The summed E-state index contributed by atoms with van der Waals surface area (Å²) in [7, 11) is 0. The number of aliphatic hydroxyl groups is 1. The fourth-order valence-electron chi connectivity index (χ4n) is 0.539. The molecule has 0 saturated carbocycles. The van der Waals surface area contributed by atoms with Crippen LogP contribution in [0.25, 0.3) is 0 Å². The van der Waals surface area contributed by atoms with Crippen LogP contribution in [0, 0.1) is 0 Å². The molecule has 0 amide bonds. The fraction of sp³-hybridized carbons (Fsp3) is 0.857. The predicted molar refractivity (Wildman–Crippen MR) is 61.9 cm³/mol. The van der Waals surface area contributed by atoms with Crippen LogP contribution >= 0.6 is 24.0 Å². The summed E-state index contributed by atoms with van der Waals surface area (Å²) in [5.74, 6) is 0.410. The number of nitrogens with zero attached hydrogens (tertiary/aromatic N) is 1. The monoisotopic (exact) mass is 287 g/mol. The predicted octanol–water partition coefficient (Wildman–Crippen LogP) is 0.300. The number of guanidine groups is 1. The Morgan fingerprint density at radius 3 is 2.67 bits per heavy atom. The minimum atomic E-state index is -0.419. The van der Waals surface area contributed by atoms with E-state index in [1.807, 2.05) is 0 Å². The zero-order chi connectivity index (χ0) is 8.69. The molecule has 0 rings (SSSR count). The standard InChI is InChI=1S/C7H17N3O.HI/c1-3-4-9-7(8)10-5-6(2)11;/h6,11H,3-5H2,1-2H3,(H3,8,9,10);1H/t6-;/m1./s1. The van der Waals surface area contributed by atoms with Crippen LogP contribution in [0.5, 0.6) is 0 Å². The van der Waals surface area contributed by atoms with Gasteiger partial charge < -0.3 is 16.2 Å². The van der Waals surface area contributed by atoms with Crippen LogP contribution in [0.15, 0.2) is 4.99 Å². The Kier molecular flexibility index (Phi) is 10.9. The van der Waals surface area contributed by atoms with Gasteiger partial charge in [0.15, 0.2) is 5.96 Å². The molecule has 0 aliphatic carbocycles. The molecule has 0 aromatic rings.